The van der Waals surface area contributed by atoms with E-state index in [1.165, 1.54) is 18.2 Å². The van der Waals surface area contributed by atoms with Crippen LogP contribution in [0.1, 0.15) is 10.4 Å². The molecule has 0 fully saturated rings. The van der Waals surface area contributed by atoms with Crippen LogP contribution in [0.15, 0.2) is 42.6 Å². The molecule has 0 bridgehead atoms. The van der Waals surface area contributed by atoms with Crippen LogP contribution in [0, 0.1) is 0 Å². The lowest BCUT2D eigenvalue weighted by Gasteiger charge is -2.08. The number of benzene rings is 1. The van der Waals surface area contributed by atoms with Crippen LogP contribution in [-0.2, 0) is 14.4 Å². The second kappa shape index (κ2) is 7.98. The van der Waals surface area contributed by atoms with Gasteiger partial charge in [-0.3, -0.25) is 4.79 Å². The summed E-state index contributed by atoms with van der Waals surface area (Å²) in [5.74, 6) is -4.52. The predicted octanol–water partition coefficient (Wildman–Crippen LogP) is 0.974. The van der Waals surface area contributed by atoms with Crippen LogP contribution in [0.3, 0.4) is 0 Å². The molecular formula is C14H12N2O7. The van der Waals surface area contributed by atoms with Crippen LogP contribution in [0.25, 0.3) is 0 Å². The Morgan fingerprint density at radius 1 is 0.826 bits per heavy atom. The first-order valence-electron chi connectivity index (χ1n) is 6.04. The third kappa shape index (κ3) is 6.58. The van der Waals surface area contributed by atoms with E-state index in [0.717, 1.165) is 18.4 Å². The maximum atomic E-state index is 11.5. The smallest absolute Gasteiger partial charge is 0.335 e. The average Bonchev–Trinajstić information content (AvgIpc) is 2.44. The second-order valence-electron chi connectivity index (χ2n) is 4.08. The minimum absolute atomic E-state index is 0.0937. The summed E-state index contributed by atoms with van der Waals surface area (Å²) in [4.78, 5) is 43.2. The molecule has 9 heteroatoms. The fraction of sp³-hybridized carbons (Fsp3) is 0. The number of carbonyl (C=O) groups excluding carboxylic acids is 1. The highest BCUT2D eigenvalue weighted by Gasteiger charge is 2.08. The summed E-state index contributed by atoms with van der Waals surface area (Å²) in [6.07, 6.45) is 3.29. The maximum absolute atomic E-state index is 11.5. The van der Waals surface area contributed by atoms with E-state index in [2.05, 4.69) is 10.6 Å². The lowest BCUT2D eigenvalue weighted by molar-refractivity contribution is -0.132. The Kier molecular flexibility index (Phi) is 6.05. The number of hydrogen-bond donors (Lipinski definition) is 5. The van der Waals surface area contributed by atoms with Crippen molar-refractivity contribution in [3.63, 3.8) is 0 Å². The van der Waals surface area contributed by atoms with Crippen molar-refractivity contribution in [2.75, 3.05) is 10.6 Å². The first kappa shape index (κ1) is 17.4. The van der Waals surface area contributed by atoms with Crippen LogP contribution in [0.2, 0.25) is 0 Å². The van der Waals surface area contributed by atoms with Crippen molar-refractivity contribution in [3.05, 3.63) is 48.2 Å². The molecule has 9 nitrogen and oxygen atoms in total. The Morgan fingerprint density at radius 2 is 1.43 bits per heavy atom. The van der Waals surface area contributed by atoms with Gasteiger partial charge in [-0.2, -0.15) is 0 Å². The second-order valence-corrected chi connectivity index (χ2v) is 4.08. The zero-order chi connectivity index (χ0) is 17.4. The number of nitrogens with one attached hydrogen (secondary N) is 2. The molecule has 0 heterocycles. The normalized spacial score (nSPS) is 10.6. The molecule has 0 aliphatic carbocycles. The monoisotopic (exact) mass is 320 g/mol. The Labute approximate surface area is 129 Å². The molecule has 0 radical (unpaired) electrons. The van der Waals surface area contributed by atoms with Gasteiger partial charge in [-0.05, 0) is 18.2 Å². The van der Waals surface area contributed by atoms with Crippen molar-refractivity contribution in [2.45, 2.75) is 0 Å². The lowest BCUT2D eigenvalue weighted by Crippen LogP contribution is -2.10. The molecule has 0 aliphatic heterocycles. The number of hydrogen-bond acceptors (Lipinski definition) is 5. The van der Waals surface area contributed by atoms with Crippen molar-refractivity contribution in [1.82, 2.24) is 0 Å². The molecule has 120 valence electrons. The number of carbonyl (C=O) groups is 4. The van der Waals surface area contributed by atoms with Gasteiger partial charge < -0.3 is 26.0 Å². The predicted molar refractivity (Wildman–Crippen MR) is 79.2 cm³/mol. The van der Waals surface area contributed by atoms with E-state index in [4.69, 9.17) is 15.3 Å². The van der Waals surface area contributed by atoms with Crippen molar-refractivity contribution in [2.24, 2.45) is 0 Å². The largest absolute Gasteiger partial charge is 0.478 e. The fourth-order valence-corrected chi connectivity index (χ4v) is 1.45. The molecule has 0 spiro atoms. The number of amides is 1. The molecule has 23 heavy (non-hydrogen) atoms. The first-order valence-corrected chi connectivity index (χ1v) is 6.04. The molecule has 0 atom stereocenters. The van der Waals surface area contributed by atoms with Crippen molar-refractivity contribution in [3.8, 4) is 0 Å². The van der Waals surface area contributed by atoms with Gasteiger partial charge in [0.2, 0.25) is 5.91 Å². The van der Waals surface area contributed by atoms with Crippen LogP contribution in [0.5, 0.6) is 0 Å². The van der Waals surface area contributed by atoms with E-state index < -0.39 is 23.8 Å². The minimum Gasteiger partial charge on any atom is -0.478 e. The summed E-state index contributed by atoms with van der Waals surface area (Å²) in [6.45, 7) is 0. The number of carboxylic acids is 3. The van der Waals surface area contributed by atoms with Gasteiger partial charge in [0.1, 0.15) is 0 Å². The maximum Gasteiger partial charge on any atom is 0.335 e. The van der Waals surface area contributed by atoms with Gasteiger partial charge in [-0.15, -0.1) is 0 Å². The lowest BCUT2D eigenvalue weighted by atomic mass is 10.1. The quantitative estimate of drug-likeness (QED) is 0.466. The molecule has 0 saturated carbocycles. The molecule has 1 aromatic carbocycles. The molecule has 1 amide bonds. The summed E-state index contributed by atoms with van der Waals surface area (Å²) in [6, 6.07) is 3.75. The summed E-state index contributed by atoms with van der Waals surface area (Å²) in [7, 11) is 0. The number of anilines is 2. The van der Waals surface area contributed by atoms with Crippen molar-refractivity contribution in [1.29, 1.82) is 0 Å². The molecule has 1 aromatic rings. The molecule has 0 aromatic heterocycles. The zero-order valence-corrected chi connectivity index (χ0v) is 11.5. The summed E-state index contributed by atoms with van der Waals surface area (Å²) in [5, 5.41) is 30.8. The Bertz CT molecular complexity index is 707. The Hall–Kier alpha value is -3.62. The SMILES string of the molecule is O=C(O)C=CNc1cc(NC(=O)C=CC(=O)O)cc(C(=O)O)c1. The molecule has 0 aliphatic rings. The van der Waals surface area contributed by atoms with Gasteiger partial charge in [0.25, 0.3) is 0 Å². The van der Waals surface area contributed by atoms with Crippen LogP contribution in [0.4, 0.5) is 11.4 Å². The van der Waals surface area contributed by atoms with Crippen LogP contribution >= 0.6 is 0 Å². The molecule has 1 rings (SSSR count). The Morgan fingerprint density at radius 3 is 2.00 bits per heavy atom. The first-order chi connectivity index (χ1) is 10.8. The third-order valence-corrected chi connectivity index (χ3v) is 2.30. The van der Waals surface area contributed by atoms with E-state index in [0.29, 0.717) is 6.08 Å². The summed E-state index contributed by atoms with van der Waals surface area (Å²) in [5.41, 5.74) is 0.160. The van der Waals surface area contributed by atoms with Crippen molar-refractivity contribution < 1.29 is 34.5 Å². The van der Waals surface area contributed by atoms with Gasteiger partial charge in [-0.25, -0.2) is 14.4 Å². The van der Waals surface area contributed by atoms with E-state index >= 15 is 0 Å². The fourth-order valence-electron chi connectivity index (χ4n) is 1.45. The van der Waals surface area contributed by atoms with Crippen molar-refractivity contribution >= 4 is 35.2 Å². The third-order valence-electron chi connectivity index (χ3n) is 2.30. The number of aliphatic carboxylic acids is 2. The minimum atomic E-state index is -1.30. The van der Waals surface area contributed by atoms with E-state index in [9.17, 15) is 19.2 Å². The molecular weight excluding hydrogens is 308 g/mol. The van der Waals surface area contributed by atoms with Gasteiger partial charge in [0.05, 0.1) is 5.56 Å². The average molecular weight is 320 g/mol. The molecule has 0 unspecified atom stereocenters. The standard InChI is InChI=1S/C14H12N2O7/c17-11(1-2-12(18)19)16-10-6-8(14(22)23)5-9(7-10)15-4-3-13(20)21/h1-7,15H,(H,16,17)(H,18,19)(H,20,21)(H,22,23). The van der Waals surface area contributed by atoms with Crippen LogP contribution < -0.4 is 10.6 Å². The van der Waals surface area contributed by atoms with Gasteiger partial charge in [-0.1, -0.05) is 0 Å². The summed E-state index contributed by atoms with van der Waals surface area (Å²) >= 11 is 0. The highest BCUT2D eigenvalue weighted by Crippen LogP contribution is 2.19. The zero-order valence-electron chi connectivity index (χ0n) is 11.5. The number of aromatic carboxylic acids is 1. The highest BCUT2D eigenvalue weighted by atomic mass is 16.4. The number of carboxylic acid groups (broad SMARTS) is 3. The van der Waals surface area contributed by atoms with E-state index in [-0.39, 0.29) is 16.9 Å². The van der Waals surface area contributed by atoms with E-state index in [1.807, 2.05) is 0 Å². The van der Waals surface area contributed by atoms with Crippen LogP contribution in [-0.4, -0.2) is 39.1 Å². The molecule has 5 N–H and O–H groups in total. The highest BCUT2D eigenvalue weighted by molar-refractivity contribution is 6.03. The van der Waals surface area contributed by atoms with Gasteiger partial charge >= 0.3 is 17.9 Å². The topological polar surface area (TPSA) is 153 Å². The van der Waals surface area contributed by atoms with E-state index in [1.54, 1.807) is 0 Å². The Balaban J connectivity index is 2.99. The summed E-state index contributed by atoms with van der Waals surface area (Å²) < 4.78 is 0. The van der Waals surface area contributed by atoms with Gasteiger partial charge in [0, 0.05) is 35.8 Å². The number of rotatable bonds is 7. The molecule has 0 saturated heterocycles. The van der Waals surface area contributed by atoms with Gasteiger partial charge in [0.15, 0.2) is 0 Å².